The maximum Gasteiger partial charge on any atom is 0.322 e. The molecule has 2 amide bonds. The number of aliphatic hydroxyl groups excluding tert-OH is 1. The largest absolute Gasteiger partial charge is 0.494 e. The minimum Gasteiger partial charge on any atom is -0.494 e. The third kappa shape index (κ3) is 5.27. The van der Waals surface area contributed by atoms with Crippen LogP contribution in [-0.4, -0.2) is 41.3 Å². The summed E-state index contributed by atoms with van der Waals surface area (Å²) in [7, 11) is 0. The lowest BCUT2D eigenvalue weighted by atomic mass is 10.2. The molecule has 5 heteroatoms. The number of anilines is 1. The summed E-state index contributed by atoms with van der Waals surface area (Å²) < 4.78 is 5.48. The number of nitrogens with zero attached hydrogens (tertiary/aromatic N) is 1. The molecule has 1 rings (SSSR count). The Kier molecular flexibility index (Phi) is 6.49. The Morgan fingerprint density at radius 1 is 1.38 bits per heavy atom. The number of urea groups is 1. The summed E-state index contributed by atoms with van der Waals surface area (Å²) in [5, 5.41) is 12.3. The van der Waals surface area contributed by atoms with Crippen molar-refractivity contribution in [2.75, 3.05) is 18.5 Å². The molecule has 1 aromatic carbocycles. The minimum absolute atomic E-state index is 0.0170. The van der Waals surface area contributed by atoms with E-state index in [9.17, 15) is 9.90 Å². The number of carbonyl (C=O) groups excluding carboxylic acids is 1. The first-order chi connectivity index (χ1) is 9.85. The molecule has 0 radical (unpaired) electrons. The van der Waals surface area contributed by atoms with Crippen LogP contribution in [0, 0.1) is 6.92 Å². The quantitative estimate of drug-likeness (QED) is 0.847. The number of rotatable bonds is 6. The molecule has 0 heterocycles. The van der Waals surface area contributed by atoms with Crippen molar-refractivity contribution in [2.45, 2.75) is 46.8 Å². The van der Waals surface area contributed by atoms with E-state index < -0.39 is 6.10 Å². The Hall–Kier alpha value is -1.75. The van der Waals surface area contributed by atoms with Crippen molar-refractivity contribution >= 4 is 11.7 Å². The SMILES string of the molecule is CCOc1ccc(NC(=O)N(CC(C)O)C(C)C)cc1C. The highest BCUT2D eigenvalue weighted by Gasteiger charge is 2.18. The maximum absolute atomic E-state index is 12.3. The lowest BCUT2D eigenvalue weighted by Crippen LogP contribution is -2.43. The van der Waals surface area contributed by atoms with Gasteiger partial charge in [-0.2, -0.15) is 0 Å². The van der Waals surface area contributed by atoms with E-state index in [1.165, 1.54) is 0 Å². The molecular weight excluding hydrogens is 268 g/mol. The average Bonchev–Trinajstić information content (AvgIpc) is 2.38. The van der Waals surface area contributed by atoms with Gasteiger partial charge in [-0.3, -0.25) is 0 Å². The van der Waals surface area contributed by atoms with E-state index in [0.717, 1.165) is 17.0 Å². The number of hydrogen-bond acceptors (Lipinski definition) is 3. The zero-order valence-corrected chi connectivity index (χ0v) is 13.5. The highest BCUT2D eigenvalue weighted by atomic mass is 16.5. The van der Waals surface area contributed by atoms with E-state index in [0.29, 0.717) is 13.2 Å². The first-order valence-electron chi connectivity index (χ1n) is 7.34. The highest BCUT2D eigenvalue weighted by Crippen LogP contribution is 2.22. The van der Waals surface area contributed by atoms with Gasteiger partial charge in [-0.15, -0.1) is 0 Å². The standard InChI is InChI=1S/C16H26N2O3/c1-6-21-15-8-7-14(9-12(15)4)17-16(20)18(11(2)3)10-13(5)19/h7-9,11,13,19H,6,10H2,1-5H3,(H,17,20). The fraction of sp³-hybridized carbons (Fsp3) is 0.562. The van der Waals surface area contributed by atoms with Crippen LogP contribution in [0.4, 0.5) is 10.5 Å². The van der Waals surface area contributed by atoms with Crippen LogP contribution in [0.15, 0.2) is 18.2 Å². The van der Waals surface area contributed by atoms with Crippen LogP contribution >= 0.6 is 0 Å². The van der Waals surface area contributed by atoms with Crippen LogP contribution in [0.2, 0.25) is 0 Å². The number of benzene rings is 1. The van der Waals surface area contributed by atoms with Crippen molar-refractivity contribution in [3.63, 3.8) is 0 Å². The van der Waals surface area contributed by atoms with Crippen LogP contribution in [0.1, 0.15) is 33.3 Å². The summed E-state index contributed by atoms with van der Waals surface area (Å²) in [5.74, 6) is 0.820. The van der Waals surface area contributed by atoms with Crippen LogP contribution in [0.3, 0.4) is 0 Å². The zero-order chi connectivity index (χ0) is 16.0. The number of hydrogen-bond donors (Lipinski definition) is 2. The predicted molar refractivity (Wildman–Crippen MR) is 84.9 cm³/mol. The molecule has 1 unspecified atom stereocenters. The van der Waals surface area contributed by atoms with Gasteiger partial charge in [-0.25, -0.2) is 4.79 Å². The number of ether oxygens (including phenoxy) is 1. The Balaban J connectivity index is 2.79. The Morgan fingerprint density at radius 3 is 2.52 bits per heavy atom. The molecular formula is C16H26N2O3. The van der Waals surface area contributed by atoms with Gasteiger partial charge in [0.15, 0.2) is 0 Å². The van der Waals surface area contributed by atoms with Gasteiger partial charge >= 0.3 is 6.03 Å². The summed E-state index contributed by atoms with van der Waals surface area (Å²) in [6.45, 7) is 10.3. The molecule has 0 spiro atoms. The van der Waals surface area contributed by atoms with Gasteiger partial charge in [0, 0.05) is 18.3 Å². The molecule has 0 saturated carbocycles. The monoisotopic (exact) mass is 294 g/mol. The third-order valence-corrected chi connectivity index (χ3v) is 3.07. The molecule has 0 fully saturated rings. The molecule has 0 aliphatic heterocycles. The Labute approximate surface area is 126 Å². The lowest BCUT2D eigenvalue weighted by Gasteiger charge is -2.28. The van der Waals surface area contributed by atoms with Crippen LogP contribution in [0.5, 0.6) is 5.75 Å². The van der Waals surface area contributed by atoms with Crippen molar-refractivity contribution in [3.8, 4) is 5.75 Å². The first-order valence-corrected chi connectivity index (χ1v) is 7.34. The average molecular weight is 294 g/mol. The second-order valence-electron chi connectivity index (χ2n) is 5.44. The van der Waals surface area contributed by atoms with Crippen molar-refractivity contribution in [1.82, 2.24) is 4.90 Å². The molecule has 1 aromatic rings. The molecule has 1 atom stereocenters. The second-order valence-corrected chi connectivity index (χ2v) is 5.44. The van der Waals surface area contributed by atoms with Crippen molar-refractivity contribution in [1.29, 1.82) is 0 Å². The molecule has 0 saturated heterocycles. The molecule has 0 bridgehead atoms. The van der Waals surface area contributed by atoms with Crippen LogP contribution < -0.4 is 10.1 Å². The van der Waals surface area contributed by atoms with E-state index in [1.807, 2.05) is 45.9 Å². The summed E-state index contributed by atoms with van der Waals surface area (Å²) in [6, 6.07) is 5.35. The maximum atomic E-state index is 12.3. The van der Waals surface area contributed by atoms with Gasteiger partial charge in [0.2, 0.25) is 0 Å². The van der Waals surface area contributed by atoms with Gasteiger partial charge in [-0.05, 0) is 58.4 Å². The number of aryl methyl sites for hydroxylation is 1. The number of nitrogens with one attached hydrogen (secondary N) is 1. The minimum atomic E-state index is -0.555. The van der Waals surface area contributed by atoms with E-state index in [4.69, 9.17) is 4.74 Å². The third-order valence-electron chi connectivity index (χ3n) is 3.07. The second kappa shape index (κ2) is 7.88. The molecule has 2 N–H and O–H groups in total. The van der Waals surface area contributed by atoms with Crippen molar-refractivity contribution in [3.05, 3.63) is 23.8 Å². The molecule has 5 nitrogen and oxygen atoms in total. The summed E-state index contributed by atoms with van der Waals surface area (Å²) in [6.07, 6.45) is -0.555. The van der Waals surface area contributed by atoms with E-state index in [1.54, 1.807) is 11.8 Å². The smallest absolute Gasteiger partial charge is 0.322 e. The summed E-state index contributed by atoms with van der Waals surface area (Å²) in [5.41, 5.74) is 1.69. The predicted octanol–water partition coefficient (Wildman–Crippen LogP) is 3.02. The number of aliphatic hydroxyl groups is 1. The topological polar surface area (TPSA) is 61.8 Å². The summed E-state index contributed by atoms with van der Waals surface area (Å²) >= 11 is 0. The molecule has 21 heavy (non-hydrogen) atoms. The van der Waals surface area contributed by atoms with Gasteiger partial charge in [0.05, 0.1) is 12.7 Å². The Bertz CT molecular complexity index is 473. The highest BCUT2D eigenvalue weighted by molar-refractivity contribution is 5.89. The van der Waals surface area contributed by atoms with Crippen molar-refractivity contribution < 1.29 is 14.6 Å². The van der Waals surface area contributed by atoms with Gasteiger partial charge in [0.1, 0.15) is 5.75 Å². The number of carbonyl (C=O) groups is 1. The summed E-state index contributed by atoms with van der Waals surface area (Å²) in [4.78, 5) is 13.9. The number of amides is 2. The van der Waals surface area contributed by atoms with Crippen LogP contribution in [0.25, 0.3) is 0 Å². The molecule has 0 aliphatic carbocycles. The van der Waals surface area contributed by atoms with E-state index in [2.05, 4.69) is 5.32 Å². The fourth-order valence-electron chi connectivity index (χ4n) is 2.05. The van der Waals surface area contributed by atoms with Crippen LogP contribution in [-0.2, 0) is 0 Å². The molecule has 0 aliphatic rings. The Morgan fingerprint density at radius 2 is 2.05 bits per heavy atom. The molecule has 118 valence electrons. The van der Waals surface area contributed by atoms with E-state index in [-0.39, 0.29) is 12.1 Å². The van der Waals surface area contributed by atoms with E-state index >= 15 is 0 Å². The van der Waals surface area contributed by atoms with Crippen molar-refractivity contribution in [2.24, 2.45) is 0 Å². The van der Waals surface area contributed by atoms with Gasteiger partial charge in [0.25, 0.3) is 0 Å². The fourth-order valence-corrected chi connectivity index (χ4v) is 2.05. The zero-order valence-electron chi connectivity index (χ0n) is 13.5. The lowest BCUT2D eigenvalue weighted by molar-refractivity contribution is 0.125. The van der Waals surface area contributed by atoms with Gasteiger partial charge in [-0.1, -0.05) is 0 Å². The first kappa shape index (κ1) is 17.3. The normalized spacial score (nSPS) is 12.1. The van der Waals surface area contributed by atoms with Gasteiger partial charge < -0.3 is 20.1 Å². The molecule has 0 aromatic heterocycles.